The van der Waals surface area contributed by atoms with Crippen molar-refractivity contribution in [2.24, 2.45) is 5.92 Å². The Balaban J connectivity index is 1.59. The van der Waals surface area contributed by atoms with Crippen molar-refractivity contribution in [2.75, 3.05) is 26.2 Å². The van der Waals surface area contributed by atoms with Crippen LogP contribution in [0.25, 0.3) is 0 Å². The minimum Gasteiger partial charge on any atom is -0.208 e. The fourth-order valence-electron chi connectivity index (χ4n) is 3.61. The molecule has 7 nitrogen and oxygen atoms in total. The van der Waals surface area contributed by atoms with Crippen molar-refractivity contribution in [1.82, 2.24) is 13.3 Å². The van der Waals surface area contributed by atoms with Crippen molar-refractivity contribution >= 4 is 20.2 Å². The third-order valence-electron chi connectivity index (χ3n) is 5.10. The zero-order valence-corrected chi connectivity index (χ0v) is 16.7. The van der Waals surface area contributed by atoms with E-state index in [4.69, 9.17) is 0 Å². The van der Waals surface area contributed by atoms with Gasteiger partial charge in [0.1, 0.15) is 0 Å². The first-order chi connectivity index (χ1) is 12.3. The van der Waals surface area contributed by atoms with E-state index in [-0.39, 0.29) is 10.9 Å². The minimum absolute atomic E-state index is 0.234. The lowest BCUT2D eigenvalue weighted by Crippen LogP contribution is -2.52. The van der Waals surface area contributed by atoms with Crippen LogP contribution in [0.15, 0.2) is 35.2 Å². The number of benzene rings is 1. The van der Waals surface area contributed by atoms with Crippen molar-refractivity contribution in [3.8, 4) is 0 Å². The number of nitrogens with zero attached hydrogens (tertiary/aromatic N) is 2. The van der Waals surface area contributed by atoms with Gasteiger partial charge in [0.05, 0.1) is 4.90 Å². The minimum atomic E-state index is -3.57. The van der Waals surface area contributed by atoms with Crippen LogP contribution in [0.4, 0.5) is 0 Å². The van der Waals surface area contributed by atoms with Crippen LogP contribution in [0.3, 0.4) is 0 Å². The van der Waals surface area contributed by atoms with Gasteiger partial charge in [-0.25, -0.2) is 13.1 Å². The topological polar surface area (TPSA) is 86.8 Å². The second-order valence-electron chi connectivity index (χ2n) is 7.22. The van der Waals surface area contributed by atoms with Gasteiger partial charge in [-0.15, -0.1) is 0 Å². The molecule has 1 unspecified atom stereocenters. The summed E-state index contributed by atoms with van der Waals surface area (Å²) in [5.74, 6) is 0.383. The zero-order chi connectivity index (χ0) is 18.8. The third kappa shape index (κ3) is 4.45. The van der Waals surface area contributed by atoms with E-state index >= 15 is 0 Å². The molecular weight excluding hydrogens is 374 g/mol. The van der Waals surface area contributed by atoms with Crippen LogP contribution < -0.4 is 4.72 Å². The molecular formula is C17H27N3O4S2. The van der Waals surface area contributed by atoms with E-state index < -0.39 is 20.2 Å². The Morgan fingerprint density at radius 2 is 1.58 bits per heavy atom. The van der Waals surface area contributed by atoms with Gasteiger partial charge in [-0.2, -0.15) is 17.0 Å². The normalized spacial score (nSPS) is 24.6. The Kier molecular flexibility index (Phi) is 6.03. The molecule has 146 valence electrons. The maximum Gasteiger partial charge on any atom is 0.281 e. The Morgan fingerprint density at radius 3 is 2.19 bits per heavy atom. The number of hydrogen-bond donors (Lipinski definition) is 1. The van der Waals surface area contributed by atoms with E-state index in [9.17, 15) is 16.8 Å². The van der Waals surface area contributed by atoms with E-state index in [1.54, 1.807) is 34.6 Å². The molecule has 2 aliphatic heterocycles. The number of rotatable bonds is 5. The van der Waals surface area contributed by atoms with Crippen LogP contribution in [-0.4, -0.2) is 57.7 Å². The van der Waals surface area contributed by atoms with Crippen LogP contribution in [0.1, 0.15) is 32.6 Å². The highest BCUT2D eigenvalue weighted by Gasteiger charge is 2.35. The van der Waals surface area contributed by atoms with E-state index in [0.29, 0.717) is 44.9 Å². The van der Waals surface area contributed by atoms with E-state index in [1.807, 2.05) is 0 Å². The smallest absolute Gasteiger partial charge is 0.208 e. The van der Waals surface area contributed by atoms with Crippen molar-refractivity contribution in [2.45, 2.75) is 43.5 Å². The first-order valence-corrected chi connectivity index (χ1v) is 12.0. The fraction of sp³-hybridized carbons (Fsp3) is 0.647. The van der Waals surface area contributed by atoms with Crippen molar-refractivity contribution < 1.29 is 16.8 Å². The van der Waals surface area contributed by atoms with Crippen molar-refractivity contribution in [3.05, 3.63) is 30.3 Å². The summed E-state index contributed by atoms with van der Waals surface area (Å²) in [7, 11) is -7.02. The van der Waals surface area contributed by atoms with Gasteiger partial charge in [0.2, 0.25) is 10.0 Å². The second-order valence-corrected chi connectivity index (χ2v) is 10.9. The molecule has 2 saturated heterocycles. The number of sulfonamides is 1. The van der Waals surface area contributed by atoms with Crippen LogP contribution >= 0.6 is 0 Å². The molecule has 2 fully saturated rings. The summed E-state index contributed by atoms with van der Waals surface area (Å²) in [5.41, 5.74) is 0. The van der Waals surface area contributed by atoms with Gasteiger partial charge in [-0.1, -0.05) is 25.1 Å². The van der Waals surface area contributed by atoms with Gasteiger partial charge in [-0.05, 0) is 43.7 Å². The largest absolute Gasteiger partial charge is 0.281 e. The summed E-state index contributed by atoms with van der Waals surface area (Å²) in [4.78, 5) is 0.234. The van der Waals surface area contributed by atoms with E-state index in [0.717, 1.165) is 12.8 Å². The Morgan fingerprint density at radius 1 is 0.923 bits per heavy atom. The van der Waals surface area contributed by atoms with Crippen LogP contribution in [-0.2, 0) is 20.2 Å². The molecule has 1 aromatic rings. The molecule has 0 bridgehead atoms. The molecule has 0 amide bonds. The molecule has 9 heteroatoms. The molecule has 0 spiro atoms. The molecule has 0 aliphatic carbocycles. The van der Waals surface area contributed by atoms with Crippen molar-refractivity contribution in [3.63, 3.8) is 0 Å². The van der Waals surface area contributed by atoms with Crippen LogP contribution in [0.5, 0.6) is 0 Å². The maximum absolute atomic E-state index is 12.8. The zero-order valence-electron chi connectivity index (χ0n) is 15.0. The molecule has 2 heterocycles. The quantitative estimate of drug-likeness (QED) is 0.808. The fourth-order valence-corrected chi connectivity index (χ4v) is 6.74. The van der Waals surface area contributed by atoms with Gasteiger partial charge < -0.3 is 0 Å². The van der Waals surface area contributed by atoms with Gasteiger partial charge in [-0.3, -0.25) is 0 Å². The first-order valence-electron chi connectivity index (χ1n) is 9.11. The summed E-state index contributed by atoms with van der Waals surface area (Å²) < 4.78 is 56.2. The number of hydrogen-bond acceptors (Lipinski definition) is 4. The summed E-state index contributed by atoms with van der Waals surface area (Å²) in [6.07, 6.45) is 2.92. The van der Waals surface area contributed by atoms with Gasteiger partial charge in [0.15, 0.2) is 0 Å². The molecule has 2 aliphatic rings. The number of nitrogens with one attached hydrogen (secondary N) is 1. The SMILES string of the molecule is CC1CCCN(S(=O)(=O)N2CCC(NS(=O)(=O)c3ccccc3)CC2)C1. The summed E-state index contributed by atoms with van der Waals surface area (Å²) in [5, 5.41) is 0. The summed E-state index contributed by atoms with van der Waals surface area (Å²) in [6.45, 7) is 3.91. The van der Waals surface area contributed by atoms with E-state index in [2.05, 4.69) is 11.6 Å². The van der Waals surface area contributed by atoms with Crippen LogP contribution in [0, 0.1) is 5.92 Å². The lowest BCUT2D eigenvalue weighted by atomic mass is 10.0. The Labute approximate surface area is 156 Å². The lowest BCUT2D eigenvalue weighted by Gasteiger charge is -2.37. The third-order valence-corrected chi connectivity index (χ3v) is 8.64. The Bertz CT molecular complexity index is 804. The molecule has 1 N–H and O–H groups in total. The molecule has 1 aromatic carbocycles. The predicted octanol–water partition coefficient (Wildman–Crippen LogP) is 1.41. The predicted molar refractivity (Wildman–Crippen MR) is 100 cm³/mol. The van der Waals surface area contributed by atoms with Crippen molar-refractivity contribution in [1.29, 1.82) is 0 Å². The van der Waals surface area contributed by atoms with E-state index in [1.165, 1.54) is 4.31 Å². The number of piperidine rings is 2. The van der Waals surface area contributed by atoms with Gasteiger partial charge in [0, 0.05) is 32.2 Å². The monoisotopic (exact) mass is 401 g/mol. The average Bonchev–Trinajstić information content (AvgIpc) is 2.63. The van der Waals surface area contributed by atoms with Gasteiger partial charge >= 0.3 is 0 Å². The van der Waals surface area contributed by atoms with Gasteiger partial charge in [0.25, 0.3) is 10.2 Å². The first kappa shape index (κ1) is 19.8. The standard InChI is InChI=1S/C17H27N3O4S2/c1-15-6-5-11-20(14-15)26(23,24)19-12-9-16(10-13-19)18-25(21,22)17-7-3-2-4-8-17/h2-4,7-8,15-16,18H,5-6,9-14H2,1H3. The molecule has 26 heavy (non-hydrogen) atoms. The maximum atomic E-state index is 12.8. The summed E-state index contributed by atoms with van der Waals surface area (Å²) in [6, 6.07) is 8.00. The molecule has 3 rings (SSSR count). The molecule has 0 radical (unpaired) electrons. The molecule has 0 aromatic heterocycles. The average molecular weight is 402 g/mol. The highest BCUT2D eigenvalue weighted by atomic mass is 32.2. The Hall–Kier alpha value is -1.00. The van der Waals surface area contributed by atoms with Crippen LogP contribution in [0.2, 0.25) is 0 Å². The molecule has 0 saturated carbocycles. The highest BCUT2D eigenvalue weighted by Crippen LogP contribution is 2.23. The lowest BCUT2D eigenvalue weighted by molar-refractivity contribution is 0.240. The summed E-state index contributed by atoms with van der Waals surface area (Å²) >= 11 is 0. The molecule has 1 atom stereocenters. The second kappa shape index (κ2) is 7.93. The highest BCUT2D eigenvalue weighted by molar-refractivity contribution is 7.89.